The summed E-state index contributed by atoms with van der Waals surface area (Å²) in [6.07, 6.45) is 0. The first-order chi connectivity index (χ1) is 23.3. The van der Waals surface area contributed by atoms with Crippen molar-refractivity contribution in [1.82, 2.24) is 19.1 Å². The van der Waals surface area contributed by atoms with Crippen LogP contribution in [0.3, 0.4) is 0 Å². The van der Waals surface area contributed by atoms with Gasteiger partial charge in [0, 0.05) is 58.7 Å². The molecule has 7 aromatic carbocycles. The van der Waals surface area contributed by atoms with Gasteiger partial charge in [-0.3, -0.25) is 4.57 Å². The molecule has 0 unspecified atom stereocenters. The standard InChI is InChI=1S/C42H24N4S/c1-2-13-25(14-3-1)45-32-21-9-6-17-28(32)36-37-29-18-7-10-22-33(29)46(41(37)27-16-5-4-15-26(27)40(36)45)42-43-31-20-12-24-35-38(31)39(44-42)30-19-8-11-23-34(30)47-35/h1-24H. The van der Waals surface area contributed by atoms with Crippen LogP contribution in [0.5, 0.6) is 0 Å². The Labute approximate surface area is 273 Å². The second kappa shape index (κ2) is 9.32. The van der Waals surface area contributed by atoms with E-state index in [4.69, 9.17) is 9.97 Å². The summed E-state index contributed by atoms with van der Waals surface area (Å²) in [7, 11) is 0. The van der Waals surface area contributed by atoms with Crippen molar-refractivity contribution in [2.75, 3.05) is 0 Å². The van der Waals surface area contributed by atoms with Crippen molar-refractivity contribution in [2.24, 2.45) is 0 Å². The number of fused-ring (bicyclic) bond motifs is 12. The van der Waals surface area contributed by atoms with E-state index in [-0.39, 0.29) is 0 Å². The van der Waals surface area contributed by atoms with Crippen molar-refractivity contribution in [3.8, 4) is 22.9 Å². The highest BCUT2D eigenvalue weighted by molar-refractivity contribution is 7.99. The van der Waals surface area contributed by atoms with E-state index in [0.717, 1.165) is 38.9 Å². The van der Waals surface area contributed by atoms with Crippen molar-refractivity contribution < 1.29 is 0 Å². The number of para-hydroxylation sites is 3. The first-order valence-electron chi connectivity index (χ1n) is 15.9. The van der Waals surface area contributed by atoms with Gasteiger partial charge in [-0.15, -0.1) is 0 Å². The van der Waals surface area contributed by atoms with Gasteiger partial charge < -0.3 is 4.57 Å². The predicted octanol–water partition coefficient (Wildman–Crippen LogP) is 11.1. The van der Waals surface area contributed by atoms with Crippen LogP contribution in [-0.4, -0.2) is 19.1 Å². The summed E-state index contributed by atoms with van der Waals surface area (Å²) in [6.45, 7) is 0. The molecule has 0 fully saturated rings. The van der Waals surface area contributed by atoms with E-state index in [0.29, 0.717) is 5.95 Å². The molecule has 0 N–H and O–H groups in total. The molecule has 4 nitrogen and oxygen atoms in total. The minimum Gasteiger partial charge on any atom is -0.309 e. The van der Waals surface area contributed by atoms with Crippen LogP contribution in [-0.2, 0) is 0 Å². The SMILES string of the molecule is c1ccc(-n2c3ccccc3c3c4c5ccccc5n(-c5nc6c7c(cccc7n5)Sc5ccccc5-6)c4c4ccccc4c32)cc1. The number of hydrogen-bond acceptors (Lipinski definition) is 3. The Bertz CT molecular complexity index is 2940. The topological polar surface area (TPSA) is 35.6 Å². The van der Waals surface area contributed by atoms with Gasteiger partial charge in [0.05, 0.1) is 33.3 Å². The van der Waals surface area contributed by atoms with E-state index in [1.165, 1.54) is 53.1 Å². The van der Waals surface area contributed by atoms with E-state index in [9.17, 15) is 0 Å². The average Bonchev–Trinajstić information content (AvgIpc) is 3.66. The van der Waals surface area contributed by atoms with Gasteiger partial charge in [0.1, 0.15) is 0 Å². The lowest BCUT2D eigenvalue weighted by Crippen LogP contribution is -2.06. The molecule has 0 bridgehead atoms. The van der Waals surface area contributed by atoms with Gasteiger partial charge in [-0.05, 0) is 42.5 Å². The molecule has 218 valence electrons. The molecular weight excluding hydrogens is 593 g/mol. The Balaban J connectivity index is 1.38. The van der Waals surface area contributed by atoms with Gasteiger partial charge in [0.15, 0.2) is 0 Å². The van der Waals surface area contributed by atoms with E-state index in [1.54, 1.807) is 11.8 Å². The van der Waals surface area contributed by atoms with Crippen molar-refractivity contribution >= 4 is 77.0 Å². The molecule has 11 rings (SSSR count). The summed E-state index contributed by atoms with van der Waals surface area (Å²) in [5, 5.41) is 8.39. The molecular formula is C42H24N4S. The van der Waals surface area contributed by atoms with Crippen LogP contribution in [0.15, 0.2) is 155 Å². The Morgan fingerprint density at radius 2 is 1.00 bits per heavy atom. The minimum absolute atomic E-state index is 0.689. The summed E-state index contributed by atoms with van der Waals surface area (Å²) < 4.78 is 4.75. The molecule has 0 saturated carbocycles. The summed E-state index contributed by atoms with van der Waals surface area (Å²) in [4.78, 5) is 13.2. The summed E-state index contributed by atoms with van der Waals surface area (Å²) in [6, 6.07) is 52.1. The third-order valence-electron chi connectivity index (χ3n) is 9.69. The predicted molar refractivity (Wildman–Crippen MR) is 195 cm³/mol. The van der Waals surface area contributed by atoms with Crippen LogP contribution in [0.25, 0.3) is 88.2 Å². The number of rotatable bonds is 2. The van der Waals surface area contributed by atoms with E-state index < -0.39 is 0 Å². The van der Waals surface area contributed by atoms with Crippen molar-refractivity contribution in [2.45, 2.75) is 9.79 Å². The maximum atomic E-state index is 5.45. The van der Waals surface area contributed by atoms with Crippen LogP contribution in [0, 0.1) is 0 Å². The van der Waals surface area contributed by atoms with Crippen LogP contribution in [0.4, 0.5) is 0 Å². The lowest BCUT2D eigenvalue weighted by molar-refractivity contribution is 1.01. The zero-order valence-electron chi connectivity index (χ0n) is 25.1. The highest BCUT2D eigenvalue weighted by atomic mass is 32.2. The number of benzene rings is 7. The minimum atomic E-state index is 0.689. The third kappa shape index (κ3) is 3.33. The molecule has 1 aliphatic rings. The van der Waals surface area contributed by atoms with Gasteiger partial charge in [0.25, 0.3) is 0 Å². The zero-order valence-corrected chi connectivity index (χ0v) is 25.9. The lowest BCUT2D eigenvalue weighted by Gasteiger charge is -2.20. The molecule has 0 radical (unpaired) electrons. The Hall–Kier alpha value is -5.91. The third-order valence-corrected chi connectivity index (χ3v) is 10.8. The number of nitrogens with zero attached hydrogens (tertiary/aromatic N) is 4. The Morgan fingerprint density at radius 1 is 0.426 bits per heavy atom. The second-order valence-electron chi connectivity index (χ2n) is 12.2. The van der Waals surface area contributed by atoms with E-state index in [1.807, 2.05) is 0 Å². The molecule has 0 aliphatic carbocycles. The van der Waals surface area contributed by atoms with Crippen LogP contribution in [0.1, 0.15) is 0 Å². The van der Waals surface area contributed by atoms with Gasteiger partial charge in [-0.2, -0.15) is 0 Å². The fourth-order valence-corrected chi connectivity index (χ4v) is 8.94. The van der Waals surface area contributed by atoms with Gasteiger partial charge in [0.2, 0.25) is 5.95 Å². The normalized spacial score (nSPS) is 12.6. The Morgan fingerprint density at radius 3 is 1.74 bits per heavy atom. The molecule has 10 aromatic rings. The average molecular weight is 617 g/mol. The highest BCUT2D eigenvalue weighted by Crippen LogP contribution is 2.49. The molecule has 5 heteroatoms. The molecule has 3 aromatic heterocycles. The zero-order chi connectivity index (χ0) is 30.6. The lowest BCUT2D eigenvalue weighted by atomic mass is 9.99. The summed E-state index contributed by atoms with van der Waals surface area (Å²) in [5.41, 5.74) is 8.89. The molecule has 0 spiro atoms. The first kappa shape index (κ1) is 25.3. The summed E-state index contributed by atoms with van der Waals surface area (Å²) >= 11 is 1.80. The largest absolute Gasteiger partial charge is 0.309 e. The van der Waals surface area contributed by atoms with Crippen molar-refractivity contribution in [3.63, 3.8) is 0 Å². The molecule has 47 heavy (non-hydrogen) atoms. The molecule has 0 amide bonds. The first-order valence-corrected chi connectivity index (χ1v) is 16.7. The molecule has 0 atom stereocenters. The van der Waals surface area contributed by atoms with Crippen molar-refractivity contribution in [3.05, 3.63) is 146 Å². The smallest absolute Gasteiger partial charge is 0.235 e. The molecule has 0 saturated heterocycles. The monoisotopic (exact) mass is 616 g/mol. The van der Waals surface area contributed by atoms with Crippen LogP contribution in [0.2, 0.25) is 0 Å². The maximum absolute atomic E-state index is 5.45. The van der Waals surface area contributed by atoms with Gasteiger partial charge in [-0.25, -0.2) is 9.97 Å². The van der Waals surface area contributed by atoms with Crippen LogP contribution < -0.4 is 0 Å². The fraction of sp³-hybridized carbons (Fsp3) is 0. The highest BCUT2D eigenvalue weighted by Gasteiger charge is 2.27. The maximum Gasteiger partial charge on any atom is 0.235 e. The van der Waals surface area contributed by atoms with Gasteiger partial charge >= 0.3 is 0 Å². The van der Waals surface area contributed by atoms with Crippen molar-refractivity contribution in [1.29, 1.82) is 0 Å². The second-order valence-corrected chi connectivity index (χ2v) is 13.2. The Kier molecular flexibility index (Phi) is 5.02. The molecule has 4 heterocycles. The number of hydrogen-bond donors (Lipinski definition) is 0. The van der Waals surface area contributed by atoms with E-state index in [2.05, 4.69) is 155 Å². The quantitative estimate of drug-likeness (QED) is 0.194. The molecule has 1 aliphatic heterocycles. The van der Waals surface area contributed by atoms with E-state index >= 15 is 0 Å². The van der Waals surface area contributed by atoms with Crippen LogP contribution >= 0.6 is 11.8 Å². The van der Waals surface area contributed by atoms with Gasteiger partial charge in [-0.1, -0.05) is 115 Å². The number of aromatic nitrogens is 4. The fourth-order valence-electron chi connectivity index (χ4n) is 7.83. The summed E-state index contributed by atoms with van der Waals surface area (Å²) in [5.74, 6) is 0.689.